The molecule has 0 aliphatic carbocycles. The Morgan fingerprint density at radius 3 is 2.51 bits per heavy atom. The molecule has 3 aromatic carbocycles. The molecule has 0 spiro atoms. The van der Waals surface area contributed by atoms with Gasteiger partial charge in [0.15, 0.2) is 16.7 Å². The number of para-hydroxylation sites is 1. The summed E-state index contributed by atoms with van der Waals surface area (Å²) >= 11 is 1.20. The molecular weight excluding hydrogens is 462 g/mol. The molecule has 7 nitrogen and oxygen atoms in total. The van der Waals surface area contributed by atoms with E-state index in [9.17, 15) is 9.59 Å². The zero-order valence-corrected chi connectivity index (χ0v) is 20.9. The minimum atomic E-state index is -0.227. The standard InChI is InChI=1S/C27H27N3O4S/c1-17(2)18-8-7-9-19(14-18)28-25(31)16-35-27-29-22-11-6-5-10-21(22)26(32)30(27)20-12-13-23(33-3)24(15-20)34-4/h5-15,17H,16H2,1-4H3,(H,28,31). The van der Waals surface area contributed by atoms with E-state index in [1.807, 2.05) is 30.3 Å². The van der Waals surface area contributed by atoms with Crippen LogP contribution in [0.1, 0.15) is 25.3 Å². The first-order valence-electron chi connectivity index (χ1n) is 11.2. The molecule has 0 fully saturated rings. The molecule has 0 bridgehead atoms. The van der Waals surface area contributed by atoms with Crippen LogP contribution in [0.25, 0.3) is 16.6 Å². The van der Waals surface area contributed by atoms with Crippen LogP contribution in [0.2, 0.25) is 0 Å². The molecule has 0 aliphatic rings. The molecule has 0 aliphatic heterocycles. The molecule has 0 unspecified atom stereocenters. The van der Waals surface area contributed by atoms with Crippen molar-refractivity contribution in [2.75, 3.05) is 25.3 Å². The van der Waals surface area contributed by atoms with Gasteiger partial charge in [-0.15, -0.1) is 0 Å². The number of nitrogens with zero attached hydrogens (tertiary/aromatic N) is 2. The molecule has 180 valence electrons. The number of amides is 1. The number of ether oxygens (including phenoxy) is 2. The second-order valence-electron chi connectivity index (χ2n) is 8.21. The van der Waals surface area contributed by atoms with E-state index in [4.69, 9.17) is 14.5 Å². The number of nitrogens with one attached hydrogen (secondary N) is 1. The van der Waals surface area contributed by atoms with Crippen LogP contribution in [0.4, 0.5) is 5.69 Å². The number of hydrogen-bond donors (Lipinski definition) is 1. The SMILES string of the molecule is COc1ccc(-n2c(SCC(=O)Nc3cccc(C(C)C)c3)nc3ccccc3c2=O)cc1OC. The van der Waals surface area contributed by atoms with E-state index in [1.54, 1.807) is 43.5 Å². The molecule has 8 heteroatoms. The van der Waals surface area contributed by atoms with E-state index >= 15 is 0 Å². The van der Waals surface area contributed by atoms with Crippen molar-refractivity contribution in [3.8, 4) is 17.2 Å². The maximum Gasteiger partial charge on any atom is 0.266 e. The van der Waals surface area contributed by atoms with Crippen LogP contribution in [0.5, 0.6) is 11.5 Å². The molecule has 1 aromatic heterocycles. The fraction of sp³-hybridized carbons (Fsp3) is 0.222. The van der Waals surface area contributed by atoms with Gasteiger partial charge >= 0.3 is 0 Å². The smallest absolute Gasteiger partial charge is 0.266 e. The highest BCUT2D eigenvalue weighted by atomic mass is 32.2. The summed E-state index contributed by atoms with van der Waals surface area (Å²) in [7, 11) is 3.09. The highest BCUT2D eigenvalue weighted by Gasteiger charge is 2.17. The minimum absolute atomic E-state index is 0.0873. The van der Waals surface area contributed by atoms with Crippen LogP contribution < -0.4 is 20.3 Å². The highest BCUT2D eigenvalue weighted by Crippen LogP contribution is 2.30. The van der Waals surface area contributed by atoms with Crippen LogP contribution >= 0.6 is 11.8 Å². The summed E-state index contributed by atoms with van der Waals surface area (Å²) in [6, 6.07) is 20.2. The quantitative estimate of drug-likeness (QED) is 0.269. The summed E-state index contributed by atoms with van der Waals surface area (Å²) in [6.07, 6.45) is 0. The molecule has 0 saturated heterocycles. The fourth-order valence-electron chi connectivity index (χ4n) is 3.70. The highest BCUT2D eigenvalue weighted by molar-refractivity contribution is 7.99. The number of aromatic nitrogens is 2. The van der Waals surface area contributed by atoms with Crippen molar-refractivity contribution in [3.63, 3.8) is 0 Å². The number of carbonyl (C=O) groups is 1. The number of hydrogen-bond acceptors (Lipinski definition) is 6. The monoisotopic (exact) mass is 489 g/mol. The first-order valence-corrected chi connectivity index (χ1v) is 12.2. The number of carbonyl (C=O) groups excluding carboxylic acids is 1. The Morgan fingerprint density at radius 2 is 1.77 bits per heavy atom. The lowest BCUT2D eigenvalue weighted by atomic mass is 10.0. The fourth-order valence-corrected chi connectivity index (χ4v) is 4.52. The molecular formula is C27H27N3O4S. The molecule has 1 heterocycles. The van der Waals surface area contributed by atoms with Gasteiger partial charge in [-0.2, -0.15) is 0 Å². The Bertz CT molecular complexity index is 1430. The van der Waals surface area contributed by atoms with E-state index in [2.05, 4.69) is 19.2 Å². The van der Waals surface area contributed by atoms with Crippen molar-refractivity contribution in [3.05, 3.63) is 82.6 Å². The van der Waals surface area contributed by atoms with Crippen molar-refractivity contribution in [2.24, 2.45) is 0 Å². The van der Waals surface area contributed by atoms with Crippen LogP contribution in [0.3, 0.4) is 0 Å². The van der Waals surface area contributed by atoms with Gasteiger partial charge in [-0.05, 0) is 47.9 Å². The number of fused-ring (bicyclic) bond motifs is 1. The van der Waals surface area contributed by atoms with Gasteiger partial charge < -0.3 is 14.8 Å². The molecule has 1 N–H and O–H groups in total. The Labute approximate surface area is 208 Å². The summed E-state index contributed by atoms with van der Waals surface area (Å²) in [5.74, 6) is 1.31. The maximum atomic E-state index is 13.5. The lowest BCUT2D eigenvalue weighted by Crippen LogP contribution is -2.23. The van der Waals surface area contributed by atoms with Crippen molar-refractivity contribution >= 4 is 34.3 Å². The second kappa shape index (κ2) is 10.7. The zero-order chi connectivity index (χ0) is 24.9. The van der Waals surface area contributed by atoms with E-state index in [0.717, 1.165) is 11.3 Å². The second-order valence-corrected chi connectivity index (χ2v) is 9.15. The van der Waals surface area contributed by atoms with Crippen LogP contribution in [0.15, 0.2) is 76.7 Å². The number of benzene rings is 3. The van der Waals surface area contributed by atoms with Crippen molar-refractivity contribution < 1.29 is 14.3 Å². The van der Waals surface area contributed by atoms with Gasteiger partial charge in [-0.3, -0.25) is 14.2 Å². The summed E-state index contributed by atoms with van der Waals surface area (Å²) in [6.45, 7) is 4.21. The lowest BCUT2D eigenvalue weighted by molar-refractivity contribution is -0.113. The van der Waals surface area contributed by atoms with Gasteiger partial charge in [0, 0.05) is 11.8 Å². The predicted octanol–water partition coefficient (Wildman–Crippen LogP) is 5.26. The van der Waals surface area contributed by atoms with Gasteiger partial charge in [-0.25, -0.2) is 4.98 Å². The van der Waals surface area contributed by atoms with Gasteiger partial charge in [0.25, 0.3) is 5.56 Å². The number of anilines is 1. The summed E-state index contributed by atoms with van der Waals surface area (Å²) in [4.78, 5) is 30.9. The largest absolute Gasteiger partial charge is 0.493 e. The third-order valence-electron chi connectivity index (χ3n) is 5.54. The Morgan fingerprint density at radius 1 is 1.00 bits per heavy atom. The van der Waals surface area contributed by atoms with Crippen molar-refractivity contribution in [1.29, 1.82) is 0 Å². The van der Waals surface area contributed by atoms with Gasteiger partial charge in [0.2, 0.25) is 5.91 Å². The summed E-state index contributed by atoms with van der Waals surface area (Å²) < 4.78 is 12.3. The molecule has 0 atom stereocenters. The topological polar surface area (TPSA) is 82.5 Å². The third kappa shape index (κ3) is 5.33. The van der Waals surface area contributed by atoms with Gasteiger partial charge in [0.05, 0.1) is 36.6 Å². The first kappa shape index (κ1) is 24.3. The van der Waals surface area contributed by atoms with E-state index in [1.165, 1.54) is 23.4 Å². The molecule has 4 aromatic rings. The van der Waals surface area contributed by atoms with Crippen LogP contribution in [-0.2, 0) is 4.79 Å². The van der Waals surface area contributed by atoms with Crippen LogP contribution in [-0.4, -0.2) is 35.4 Å². The van der Waals surface area contributed by atoms with Gasteiger partial charge in [0.1, 0.15) is 0 Å². The normalized spacial score (nSPS) is 11.0. The first-order chi connectivity index (χ1) is 16.9. The van der Waals surface area contributed by atoms with Gasteiger partial charge in [-0.1, -0.05) is 49.9 Å². The third-order valence-corrected chi connectivity index (χ3v) is 6.48. The van der Waals surface area contributed by atoms with E-state index in [-0.39, 0.29) is 17.2 Å². The number of thioether (sulfide) groups is 1. The zero-order valence-electron chi connectivity index (χ0n) is 20.1. The molecule has 1 amide bonds. The minimum Gasteiger partial charge on any atom is -0.493 e. The van der Waals surface area contributed by atoms with Crippen molar-refractivity contribution in [1.82, 2.24) is 9.55 Å². The Hall–Kier alpha value is -3.78. The Kier molecular flexibility index (Phi) is 7.41. The van der Waals surface area contributed by atoms with Crippen molar-refractivity contribution in [2.45, 2.75) is 24.9 Å². The lowest BCUT2D eigenvalue weighted by Gasteiger charge is -2.15. The van der Waals surface area contributed by atoms with E-state index < -0.39 is 0 Å². The van der Waals surface area contributed by atoms with E-state index in [0.29, 0.717) is 39.2 Å². The predicted molar refractivity (Wildman–Crippen MR) is 140 cm³/mol. The summed E-state index contributed by atoms with van der Waals surface area (Å²) in [5.41, 5.74) is 2.80. The molecule has 0 saturated carbocycles. The summed E-state index contributed by atoms with van der Waals surface area (Å²) in [5, 5.41) is 3.84. The maximum absolute atomic E-state index is 13.5. The molecule has 35 heavy (non-hydrogen) atoms. The molecule has 0 radical (unpaired) electrons. The average Bonchev–Trinajstić information content (AvgIpc) is 2.87. The average molecular weight is 490 g/mol. The Balaban J connectivity index is 1.67. The van der Waals surface area contributed by atoms with Crippen LogP contribution in [0, 0.1) is 0 Å². The number of rotatable bonds is 8. The number of methoxy groups -OCH3 is 2. The molecule has 4 rings (SSSR count).